The van der Waals surface area contributed by atoms with Crippen molar-refractivity contribution in [2.24, 2.45) is 11.5 Å². The molecular formula is C42H68N4O8. The maximum atomic E-state index is 11.7. The largest absolute Gasteiger partial charge is 0.479 e. The zero-order chi connectivity index (χ0) is 39.1. The Bertz CT molecular complexity index is 1260. The van der Waals surface area contributed by atoms with Gasteiger partial charge in [-0.05, 0) is 73.9 Å². The number of hydrogen-bond acceptors (Lipinski definition) is 10. The predicted octanol–water partition coefficient (Wildman–Crippen LogP) is 5.70. The average Bonchev–Trinajstić information content (AvgIpc) is 3.15. The number of aryl methyl sites for hydroxylation is 2. The molecule has 0 amide bonds. The molecule has 0 aromatic carbocycles. The Balaban J connectivity index is 0.000000290. The fourth-order valence-corrected chi connectivity index (χ4v) is 7.08. The molecule has 4 bridgehead atoms. The van der Waals surface area contributed by atoms with E-state index in [0.29, 0.717) is 24.6 Å². The van der Waals surface area contributed by atoms with Crippen LogP contribution in [0.25, 0.3) is 0 Å². The number of carbonyl (C=O) groups is 2. The first-order chi connectivity index (χ1) is 26.0. The maximum Gasteiger partial charge on any atom is 0.337 e. The number of ether oxygens (including phenoxy) is 2. The molecule has 2 aromatic heterocycles. The van der Waals surface area contributed by atoms with E-state index >= 15 is 0 Å². The molecule has 0 radical (unpaired) electrons. The summed E-state index contributed by atoms with van der Waals surface area (Å²) in [5.74, 6) is -2.67. The van der Waals surface area contributed by atoms with Crippen molar-refractivity contribution < 1.29 is 39.5 Å². The third-order valence-corrected chi connectivity index (χ3v) is 10.7. The standard InChI is InChI=1S/2C21H34N2O4/c2*22-19-16-27-13-9-7-5-3-1-2-4-6-8-10-17-11-12-23-18(14-17)15-21(19,26)20(24)25/h2*11-12,14,19,26H,1-10,13,15-16,22H2,(H,24,25)/t2*19?,21-/m11/s1. The first-order valence-corrected chi connectivity index (χ1v) is 20.5. The highest BCUT2D eigenvalue weighted by Gasteiger charge is 2.44. The highest BCUT2D eigenvalue weighted by Crippen LogP contribution is 2.21. The smallest absolute Gasteiger partial charge is 0.337 e. The Morgan fingerprint density at radius 1 is 0.556 bits per heavy atom. The summed E-state index contributed by atoms with van der Waals surface area (Å²) in [6.07, 6.45) is 26.3. The van der Waals surface area contributed by atoms with E-state index in [1.165, 1.54) is 77.0 Å². The maximum absolute atomic E-state index is 11.7. The van der Waals surface area contributed by atoms with Crippen molar-refractivity contribution in [1.82, 2.24) is 9.97 Å². The van der Waals surface area contributed by atoms with E-state index in [2.05, 4.69) is 9.97 Å². The Hall–Kier alpha value is -3.00. The summed E-state index contributed by atoms with van der Waals surface area (Å²) in [7, 11) is 0. The van der Waals surface area contributed by atoms with Gasteiger partial charge in [0.1, 0.15) is 0 Å². The van der Waals surface area contributed by atoms with Gasteiger partial charge in [-0.3, -0.25) is 9.97 Å². The monoisotopic (exact) mass is 757 g/mol. The zero-order valence-corrected chi connectivity index (χ0v) is 32.5. The van der Waals surface area contributed by atoms with Crippen molar-refractivity contribution >= 4 is 11.9 Å². The number of nitrogens with zero attached hydrogens (tertiary/aromatic N) is 2. The molecule has 2 aromatic rings. The van der Waals surface area contributed by atoms with Crippen LogP contribution in [-0.2, 0) is 44.7 Å². The van der Waals surface area contributed by atoms with Crippen LogP contribution in [0.3, 0.4) is 0 Å². The summed E-state index contributed by atoms with van der Waals surface area (Å²) >= 11 is 0. The van der Waals surface area contributed by atoms with E-state index in [1.54, 1.807) is 12.4 Å². The van der Waals surface area contributed by atoms with Crippen LogP contribution >= 0.6 is 0 Å². The SMILES string of the molecule is NC1COCCCCCCCCCCCc2ccnc(c2)C[C@]1(O)C(=O)O.NC1COCCCCCCCCCCCc2ccnc(c2)C[C@]1(O)C(=O)O. The molecule has 54 heavy (non-hydrogen) atoms. The van der Waals surface area contributed by atoms with Crippen LogP contribution in [0, 0.1) is 0 Å². The minimum atomic E-state index is -2.09. The Morgan fingerprint density at radius 2 is 0.870 bits per heavy atom. The molecule has 2 aliphatic heterocycles. The van der Waals surface area contributed by atoms with Crippen molar-refractivity contribution in [1.29, 1.82) is 0 Å². The number of aromatic nitrogens is 2. The fourth-order valence-electron chi connectivity index (χ4n) is 7.08. The summed E-state index contributed by atoms with van der Waals surface area (Å²) in [4.78, 5) is 32.0. The second-order valence-electron chi connectivity index (χ2n) is 15.4. The van der Waals surface area contributed by atoms with Gasteiger partial charge < -0.3 is 41.4 Å². The van der Waals surface area contributed by atoms with Gasteiger partial charge in [0.15, 0.2) is 11.2 Å². The molecule has 0 spiro atoms. The van der Waals surface area contributed by atoms with Crippen molar-refractivity contribution in [3.8, 4) is 0 Å². The molecule has 4 rings (SSSR count). The Labute approximate surface area is 322 Å². The predicted molar refractivity (Wildman–Crippen MR) is 209 cm³/mol. The molecule has 4 heterocycles. The summed E-state index contributed by atoms with van der Waals surface area (Å²) < 4.78 is 11.1. The highest BCUT2D eigenvalue weighted by molar-refractivity contribution is 5.79. The van der Waals surface area contributed by atoms with Crippen LogP contribution < -0.4 is 11.5 Å². The third-order valence-electron chi connectivity index (χ3n) is 10.7. The molecule has 12 heteroatoms. The van der Waals surface area contributed by atoms with E-state index in [4.69, 9.17) is 20.9 Å². The number of hydrogen-bond donors (Lipinski definition) is 6. The van der Waals surface area contributed by atoms with Gasteiger partial charge in [-0.1, -0.05) is 89.9 Å². The van der Waals surface area contributed by atoms with Gasteiger partial charge in [-0.15, -0.1) is 0 Å². The van der Waals surface area contributed by atoms with Gasteiger partial charge in [-0.2, -0.15) is 0 Å². The number of pyridine rings is 2. The number of nitrogens with two attached hydrogens (primary N) is 2. The lowest BCUT2D eigenvalue weighted by Crippen LogP contribution is -2.57. The van der Waals surface area contributed by atoms with Crippen LogP contribution in [0.2, 0.25) is 0 Å². The average molecular weight is 757 g/mol. The van der Waals surface area contributed by atoms with E-state index in [-0.39, 0.29) is 26.1 Å². The molecule has 304 valence electrons. The van der Waals surface area contributed by atoms with E-state index in [0.717, 1.165) is 62.5 Å². The molecule has 12 nitrogen and oxygen atoms in total. The Kier molecular flexibility index (Phi) is 21.2. The van der Waals surface area contributed by atoms with Gasteiger partial charge >= 0.3 is 11.9 Å². The lowest BCUT2D eigenvalue weighted by atomic mass is 9.89. The highest BCUT2D eigenvalue weighted by atomic mass is 16.5. The molecule has 2 unspecified atom stereocenters. The number of carboxylic acids is 2. The second-order valence-corrected chi connectivity index (χ2v) is 15.4. The molecule has 0 aliphatic carbocycles. The van der Waals surface area contributed by atoms with Gasteiger partial charge in [0.2, 0.25) is 0 Å². The van der Waals surface area contributed by atoms with E-state index in [1.807, 2.05) is 24.3 Å². The van der Waals surface area contributed by atoms with Crippen molar-refractivity contribution in [2.45, 2.75) is 165 Å². The van der Waals surface area contributed by atoms with Gasteiger partial charge in [-0.25, -0.2) is 9.59 Å². The summed E-state index contributed by atoms with van der Waals surface area (Å²) in [5, 5.41) is 40.6. The van der Waals surface area contributed by atoms with Crippen LogP contribution in [0.1, 0.15) is 138 Å². The Morgan fingerprint density at radius 3 is 1.20 bits per heavy atom. The van der Waals surface area contributed by atoms with Crippen LogP contribution in [-0.4, -0.2) is 92.0 Å². The normalized spacial score (nSPS) is 27.1. The van der Waals surface area contributed by atoms with Crippen LogP contribution in [0.15, 0.2) is 36.7 Å². The summed E-state index contributed by atoms with van der Waals surface area (Å²) in [6.45, 7) is 1.11. The number of aliphatic hydroxyl groups is 2. The van der Waals surface area contributed by atoms with Gasteiger partial charge in [0.05, 0.1) is 25.3 Å². The molecule has 0 saturated heterocycles. The summed E-state index contributed by atoms with van der Waals surface area (Å²) in [6, 6.07) is 5.65. The molecule has 2 aliphatic rings. The number of aliphatic carboxylic acids is 2. The summed E-state index contributed by atoms with van der Waals surface area (Å²) in [5.41, 5.74) is 11.2. The zero-order valence-electron chi connectivity index (χ0n) is 32.5. The second kappa shape index (κ2) is 25.2. The van der Waals surface area contributed by atoms with Crippen molar-refractivity contribution in [3.63, 3.8) is 0 Å². The molecule has 4 atom stereocenters. The van der Waals surface area contributed by atoms with Crippen LogP contribution in [0.5, 0.6) is 0 Å². The van der Waals surface area contributed by atoms with Crippen LogP contribution in [0.4, 0.5) is 0 Å². The quantitative estimate of drug-likeness (QED) is 0.218. The molecule has 0 fully saturated rings. The molecule has 8 N–H and O–H groups in total. The lowest BCUT2D eigenvalue weighted by molar-refractivity contribution is -0.163. The minimum Gasteiger partial charge on any atom is -0.479 e. The number of carboxylic acid groups (broad SMARTS) is 2. The van der Waals surface area contributed by atoms with Crippen molar-refractivity contribution in [2.75, 3.05) is 26.4 Å². The lowest BCUT2D eigenvalue weighted by Gasteiger charge is -2.29. The fraction of sp³-hybridized carbons (Fsp3) is 0.714. The molecule has 0 saturated carbocycles. The first-order valence-electron chi connectivity index (χ1n) is 20.5. The molecular weight excluding hydrogens is 688 g/mol. The third kappa shape index (κ3) is 16.4. The number of rotatable bonds is 2. The number of fused-ring (bicyclic) bond motifs is 4. The minimum absolute atomic E-state index is 0.0164. The van der Waals surface area contributed by atoms with Gasteiger partial charge in [0, 0.05) is 49.8 Å². The van der Waals surface area contributed by atoms with E-state index in [9.17, 15) is 30.0 Å². The van der Waals surface area contributed by atoms with Crippen molar-refractivity contribution in [3.05, 3.63) is 59.2 Å². The van der Waals surface area contributed by atoms with Gasteiger partial charge in [0.25, 0.3) is 0 Å². The first kappa shape index (κ1) is 45.4. The van der Waals surface area contributed by atoms with E-state index < -0.39 is 35.2 Å². The topological polar surface area (TPSA) is 211 Å².